The maximum atomic E-state index is 14.1. The fourth-order valence-electron chi connectivity index (χ4n) is 6.00. The maximum Gasteiger partial charge on any atom is 0.408 e. The van der Waals surface area contributed by atoms with E-state index in [0.29, 0.717) is 22.6 Å². The summed E-state index contributed by atoms with van der Waals surface area (Å²) in [7, 11) is 0. The number of hydrogen-bond acceptors (Lipinski definition) is 11. The zero-order chi connectivity index (χ0) is 45.1. The second kappa shape index (κ2) is 24.5. The van der Waals surface area contributed by atoms with Crippen LogP contribution in [0.25, 0.3) is 10.9 Å². The van der Waals surface area contributed by atoms with E-state index >= 15 is 0 Å². The predicted octanol–water partition coefficient (Wildman–Crippen LogP) is 1.37. The number of carbonyl (C=O) groups excluding carboxylic acids is 7. The molecular formula is C41H56N8O10S2. The number of primary amides is 1. The van der Waals surface area contributed by atoms with Gasteiger partial charge in [0, 0.05) is 29.9 Å². The van der Waals surface area contributed by atoms with Crippen molar-refractivity contribution in [2.75, 3.05) is 30.6 Å². The minimum atomic E-state index is -1.66. The van der Waals surface area contributed by atoms with Crippen molar-refractivity contribution in [1.82, 2.24) is 36.9 Å². The SMILES string of the molecule is CSCC[C@H](NC(=O)OC(C)(C)C)C(=O)NCC(=O)N[C@@H](Cc1c[nH]c2ccccc12)C(=O)N[C@@H](CCSC)C(=O)N[C@@H](CC(=O)O)C(=O)N[C@@H](Cc1ccccc1)C(N)=O. The normalized spacial score (nSPS) is 13.7. The number of aromatic nitrogens is 1. The Labute approximate surface area is 362 Å². The lowest BCUT2D eigenvalue weighted by Gasteiger charge is -2.26. The number of ether oxygens (including phenoxy) is 1. The number of para-hydroxylation sites is 1. The van der Waals surface area contributed by atoms with Crippen LogP contribution >= 0.6 is 23.5 Å². The van der Waals surface area contributed by atoms with Crippen LogP contribution in [-0.2, 0) is 51.1 Å². The van der Waals surface area contributed by atoms with Crippen molar-refractivity contribution in [1.29, 1.82) is 0 Å². The zero-order valence-electron chi connectivity index (χ0n) is 34.8. The number of H-pyrrole nitrogens is 1. The van der Waals surface area contributed by atoms with Crippen molar-refractivity contribution in [3.63, 3.8) is 0 Å². The highest BCUT2D eigenvalue weighted by molar-refractivity contribution is 7.98. The summed E-state index contributed by atoms with van der Waals surface area (Å²) in [6.45, 7) is 4.47. The molecular weight excluding hydrogens is 829 g/mol. The number of nitrogens with two attached hydrogens (primary N) is 1. The van der Waals surface area contributed by atoms with Crippen molar-refractivity contribution in [3.8, 4) is 0 Å². The number of fused-ring (bicyclic) bond motifs is 1. The molecule has 332 valence electrons. The second-order valence-corrected chi connectivity index (χ2v) is 17.0. The van der Waals surface area contributed by atoms with Gasteiger partial charge in [-0.15, -0.1) is 0 Å². The third-order valence-electron chi connectivity index (χ3n) is 8.99. The second-order valence-electron chi connectivity index (χ2n) is 15.0. The summed E-state index contributed by atoms with van der Waals surface area (Å²) in [6.07, 6.45) is 3.88. The number of alkyl carbamates (subject to hydrolysis) is 1. The van der Waals surface area contributed by atoms with Crippen LogP contribution in [0.15, 0.2) is 60.8 Å². The minimum Gasteiger partial charge on any atom is -0.481 e. The van der Waals surface area contributed by atoms with Crippen molar-refractivity contribution in [2.45, 2.75) is 88.7 Å². The van der Waals surface area contributed by atoms with E-state index in [-0.39, 0.29) is 25.7 Å². The van der Waals surface area contributed by atoms with Crippen LogP contribution in [0, 0.1) is 0 Å². The molecule has 18 nitrogen and oxygen atoms in total. The van der Waals surface area contributed by atoms with Crippen LogP contribution in [0.4, 0.5) is 4.79 Å². The molecule has 10 N–H and O–H groups in total. The lowest BCUT2D eigenvalue weighted by atomic mass is 10.0. The van der Waals surface area contributed by atoms with E-state index in [0.717, 1.165) is 10.9 Å². The highest BCUT2D eigenvalue weighted by Gasteiger charge is 2.33. The maximum absolute atomic E-state index is 14.1. The molecule has 0 aliphatic carbocycles. The van der Waals surface area contributed by atoms with Gasteiger partial charge >= 0.3 is 12.1 Å². The number of amides is 7. The highest BCUT2D eigenvalue weighted by Crippen LogP contribution is 2.19. The Bertz CT molecular complexity index is 1990. The summed E-state index contributed by atoms with van der Waals surface area (Å²) in [6, 6.07) is 9.46. The van der Waals surface area contributed by atoms with Gasteiger partial charge in [0.05, 0.1) is 13.0 Å². The van der Waals surface area contributed by atoms with E-state index in [2.05, 4.69) is 36.9 Å². The molecule has 1 heterocycles. The van der Waals surface area contributed by atoms with Gasteiger partial charge in [-0.2, -0.15) is 23.5 Å². The van der Waals surface area contributed by atoms with E-state index in [1.54, 1.807) is 69.6 Å². The van der Waals surface area contributed by atoms with Gasteiger partial charge in [-0.25, -0.2) is 4.79 Å². The number of benzene rings is 2. The molecule has 0 saturated carbocycles. The van der Waals surface area contributed by atoms with Gasteiger partial charge in [0.25, 0.3) is 0 Å². The highest BCUT2D eigenvalue weighted by atomic mass is 32.2. The lowest BCUT2D eigenvalue weighted by Crippen LogP contribution is -2.59. The predicted molar refractivity (Wildman–Crippen MR) is 233 cm³/mol. The number of carboxylic acids is 1. The number of nitrogens with one attached hydrogen (secondary N) is 7. The Balaban J connectivity index is 1.82. The summed E-state index contributed by atoms with van der Waals surface area (Å²) in [5.41, 5.74) is 6.84. The van der Waals surface area contributed by atoms with Gasteiger partial charge in [-0.05, 0) is 74.8 Å². The smallest absolute Gasteiger partial charge is 0.408 e. The molecule has 61 heavy (non-hydrogen) atoms. The number of aromatic amines is 1. The molecule has 5 atom stereocenters. The van der Waals surface area contributed by atoms with Gasteiger partial charge in [0.15, 0.2) is 0 Å². The molecule has 3 rings (SSSR count). The van der Waals surface area contributed by atoms with Crippen LogP contribution in [-0.4, -0.2) is 124 Å². The number of carbonyl (C=O) groups is 8. The van der Waals surface area contributed by atoms with Crippen molar-refractivity contribution < 1.29 is 48.2 Å². The molecule has 0 spiro atoms. The first-order chi connectivity index (χ1) is 28.9. The Kier molecular flexibility index (Phi) is 19.9. The largest absolute Gasteiger partial charge is 0.481 e. The summed E-state index contributed by atoms with van der Waals surface area (Å²) in [5, 5.41) is 25.6. The first-order valence-corrected chi connectivity index (χ1v) is 22.2. The number of hydrogen-bond donors (Lipinski definition) is 9. The van der Waals surface area contributed by atoms with Crippen LogP contribution in [0.1, 0.15) is 51.2 Å². The zero-order valence-corrected chi connectivity index (χ0v) is 36.5. The molecule has 0 bridgehead atoms. The van der Waals surface area contributed by atoms with Crippen LogP contribution in [0.3, 0.4) is 0 Å². The van der Waals surface area contributed by atoms with Gasteiger partial charge in [-0.3, -0.25) is 33.6 Å². The minimum absolute atomic E-state index is 0.0108. The van der Waals surface area contributed by atoms with Crippen LogP contribution in [0.5, 0.6) is 0 Å². The van der Waals surface area contributed by atoms with Gasteiger partial charge in [0.2, 0.25) is 35.4 Å². The third kappa shape index (κ3) is 17.4. The molecule has 0 unspecified atom stereocenters. The van der Waals surface area contributed by atoms with Gasteiger partial charge in [-0.1, -0.05) is 48.5 Å². The van der Waals surface area contributed by atoms with Crippen molar-refractivity contribution >= 4 is 81.9 Å². The molecule has 0 aliphatic rings. The fraction of sp³-hybridized carbons (Fsp3) is 0.463. The number of carboxylic acid groups (broad SMARTS) is 1. The monoisotopic (exact) mass is 884 g/mol. The Hall–Kier alpha value is -5.76. The van der Waals surface area contributed by atoms with E-state index in [9.17, 15) is 43.5 Å². The lowest BCUT2D eigenvalue weighted by molar-refractivity contribution is -0.141. The van der Waals surface area contributed by atoms with Crippen molar-refractivity contribution in [3.05, 3.63) is 71.9 Å². The average molecular weight is 885 g/mol. The van der Waals surface area contributed by atoms with Gasteiger partial charge in [0.1, 0.15) is 35.8 Å². The molecule has 0 saturated heterocycles. The number of thioether (sulfide) groups is 2. The standard InChI is InChI=1S/C41H56N8O10S2/c1-41(2,3)59-40(58)49-28(15-17-60-4)36(54)44-23-33(50)45-31(20-25-22-43-27-14-10-9-13-26(25)27)38(56)46-29(16-18-61-5)37(55)48-32(21-34(51)52)39(57)47-30(35(42)53)19-24-11-7-6-8-12-24/h6-14,22,28-32,43H,15-21,23H2,1-5H3,(H2,42,53)(H,44,54)(H,45,50)(H,46,56)(H,47,57)(H,48,55)(H,49,58)(H,51,52)/t28-,29-,30-,31-,32-/m0/s1. The quantitative estimate of drug-likeness (QED) is 0.0617. The van der Waals surface area contributed by atoms with E-state index in [4.69, 9.17) is 10.5 Å². The molecule has 7 amide bonds. The summed E-state index contributed by atoms with van der Waals surface area (Å²) >= 11 is 2.82. The number of aliphatic carboxylic acids is 1. The molecule has 2 aromatic carbocycles. The molecule has 0 radical (unpaired) electrons. The summed E-state index contributed by atoms with van der Waals surface area (Å²) in [4.78, 5) is 108. The van der Waals surface area contributed by atoms with Gasteiger partial charge < -0.3 is 52.5 Å². The Morgan fingerprint density at radius 3 is 1.87 bits per heavy atom. The van der Waals surface area contributed by atoms with Crippen molar-refractivity contribution in [2.24, 2.45) is 5.73 Å². The summed E-state index contributed by atoms with van der Waals surface area (Å²) < 4.78 is 5.29. The molecule has 0 fully saturated rings. The molecule has 1 aromatic heterocycles. The summed E-state index contributed by atoms with van der Waals surface area (Å²) in [5.74, 6) is -5.48. The average Bonchev–Trinajstić information content (AvgIpc) is 3.61. The first kappa shape index (κ1) is 49.6. The fourth-order valence-corrected chi connectivity index (χ4v) is 6.94. The van der Waals surface area contributed by atoms with E-state index in [1.165, 1.54) is 23.5 Å². The molecule has 0 aliphatic heterocycles. The van der Waals surface area contributed by atoms with Crippen LogP contribution < -0.4 is 37.6 Å². The molecule has 3 aromatic rings. The molecule has 20 heteroatoms. The topological polar surface area (TPSA) is 280 Å². The Morgan fingerprint density at radius 1 is 0.705 bits per heavy atom. The first-order valence-electron chi connectivity index (χ1n) is 19.5. The van der Waals surface area contributed by atoms with E-state index in [1.807, 2.05) is 24.5 Å². The van der Waals surface area contributed by atoms with Crippen LogP contribution in [0.2, 0.25) is 0 Å². The van der Waals surface area contributed by atoms with E-state index < -0.39 is 96.3 Å². The number of rotatable bonds is 24. The third-order valence-corrected chi connectivity index (χ3v) is 10.3. The Morgan fingerprint density at radius 2 is 1.26 bits per heavy atom.